The van der Waals surface area contributed by atoms with E-state index in [-0.39, 0.29) is 15.8 Å². The van der Waals surface area contributed by atoms with Gasteiger partial charge in [-0.1, -0.05) is 11.6 Å². The Labute approximate surface area is 126 Å². The molecule has 0 unspecified atom stereocenters. The number of methoxy groups -OCH3 is 1. The van der Waals surface area contributed by atoms with Gasteiger partial charge in [0, 0.05) is 19.0 Å². The third kappa shape index (κ3) is 2.50. The molecule has 1 fully saturated rings. The molecule has 9 heteroatoms. The van der Waals surface area contributed by atoms with Crippen molar-refractivity contribution in [3.63, 3.8) is 0 Å². The maximum Gasteiger partial charge on any atom is 0.243 e. The lowest BCUT2D eigenvalue weighted by Gasteiger charge is -2.36. The fourth-order valence-electron chi connectivity index (χ4n) is 2.18. The van der Waals surface area contributed by atoms with Crippen LogP contribution in [-0.2, 0) is 10.0 Å². The fraction of sp³-hybridized carbons (Fsp3) is 0.333. The molecule has 112 valence electrons. The maximum atomic E-state index is 12.5. The van der Waals surface area contributed by atoms with Gasteiger partial charge in [-0.15, -0.1) is 0 Å². The molecular weight excluding hydrogens is 316 g/mol. The molecular formula is C12H13ClN4O3S. The highest BCUT2D eigenvalue weighted by Gasteiger charge is 2.39. The number of halogens is 1. The van der Waals surface area contributed by atoms with E-state index in [0.29, 0.717) is 24.7 Å². The van der Waals surface area contributed by atoms with Gasteiger partial charge in [0.05, 0.1) is 17.0 Å². The number of aromatic amines is 1. The van der Waals surface area contributed by atoms with E-state index in [4.69, 9.17) is 16.3 Å². The molecule has 7 nitrogen and oxygen atoms in total. The monoisotopic (exact) mass is 328 g/mol. The predicted molar refractivity (Wildman–Crippen MR) is 75.9 cm³/mol. The van der Waals surface area contributed by atoms with Gasteiger partial charge in [-0.05, 0) is 18.2 Å². The molecule has 0 bridgehead atoms. The summed E-state index contributed by atoms with van der Waals surface area (Å²) in [4.78, 5) is 4.20. The number of sulfonamides is 1. The third-order valence-electron chi connectivity index (χ3n) is 3.43. The number of nitrogens with one attached hydrogen (secondary N) is 1. The van der Waals surface area contributed by atoms with E-state index in [1.54, 1.807) is 6.07 Å². The van der Waals surface area contributed by atoms with Crippen LogP contribution in [0.3, 0.4) is 0 Å². The van der Waals surface area contributed by atoms with Gasteiger partial charge in [0.2, 0.25) is 10.0 Å². The first-order chi connectivity index (χ1) is 10.0. The summed E-state index contributed by atoms with van der Waals surface area (Å²) in [5, 5.41) is 6.79. The standard InChI is InChI=1S/C12H13ClN4O3S/c1-20-11-3-2-9(4-10(11)13)21(18,19)17-5-8(6-17)12-14-7-15-16-12/h2-4,7-8H,5-6H2,1H3,(H,14,15,16). The number of hydrogen-bond donors (Lipinski definition) is 1. The topological polar surface area (TPSA) is 88.2 Å². The van der Waals surface area contributed by atoms with Crippen molar-refractivity contribution < 1.29 is 13.2 Å². The molecule has 1 aromatic carbocycles. The number of rotatable bonds is 4. The van der Waals surface area contributed by atoms with E-state index < -0.39 is 10.0 Å². The van der Waals surface area contributed by atoms with Crippen LogP contribution in [0.25, 0.3) is 0 Å². The summed E-state index contributed by atoms with van der Waals surface area (Å²) in [6, 6.07) is 4.43. The molecule has 0 saturated carbocycles. The maximum absolute atomic E-state index is 12.5. The van der Waals surface area contributed by atoms with Crippen LogP contribution < -0.4 is 4.74 Å². The highest BCUT2D eigenvalue weighted by Crippen LogP contribution is 2.33. The zero-order valence-electron chi connectivity index (χ0n) is 11.2. The summed E-state index contributed by atoms with van der Waals surface area (Å²) in [6.07, 6.45) is 1.41. The second kappa shape index (κ2) is 5.28. The predicted octanol–water partition coefficient (Wildman–Crippen LogP) is 1.25. The lowest BCUT2D eigenvalue weighted by Crippen LogP contribution is -2.48. The van der Waals surface area contributed by atoms with Gasteiger partial charge in [-0.25, -0.2) is 13.4 Å². The van der Waals surface area contributed by atoms with Crippen LogP contribution in [0, 0.1) is 0 Å². The van der Waals surface area contributed by atoms with Crippen molar-refractivity contribution in [3.05, 3.63) is 35.4 Å². The first-order valence-electron chi connectivity index (χ1n) is 6.21. The van der Waals surface area contributed by atoms with Crippen molar-refractivity contribution in [2.75, 3.05) is 20.2 Å². The third-order valence-corrected chi connectivity index (χ3v) is 5.55. The van der Waals surface area contributed by atoms with E-state index in [1.807, 2.05) is 0 Å². The zero-order chi connectivity index (χ0) is 15.0. The molecule has 1 aromatic heterocycles. The minimum atomic E-state index is -3.54. The SMILES string of the molecule is COc1ccc(S(=O)(=O)N2CC(c3ncn[nH]3)C2)cc1Cl. The summed E-state index contributed by atoms with van der Waals surface area (Å²) < 4.78 is 31.3. The molecule has 0 atom stereocenters. The Kier molecular flexibility index (Phi) is 3.60. The van der Waals surface area contributed by atoms with Gasteiger partial charge in [0.25, 0.3) is 0 Å². The van der Waals surface area contributed by atoms with Crippen LogP contribution in [0.4, 0.5) is 0 Å². The Hall–Kier alpha value is -1.64. The van der Waals surface area contributed by atoms with Crippen LogP contribution in [0.1, 0.15) is 11.7 Å². The molecule has 1 N–H and O–H groups in total. The van der Waals surface area contributed by atoms with Crippen molar-refractivity contribution in [1.29, 1.82) is 0 Å². The van der Waals surface area contributed by atoms with Crippen LogP contribution in [0.5, 0.6) is 5.75 Å². The Morgan fingerprint density at radius 3 is 2.76 bits per heavy atom. The number of benzene rings is 1. The lowest BCUT2D eigenvalue weighted by atomic mass is 10.0. The van der Waals surface area contributed by atoms with Crippen molar-refractivity contribution in [2.45, 2.75) is 10.8 Å². The van der Waals surface area contributed by atoms with Gasteiger partial charge >= 0.3 is 0 Å². The van der Waals surface area contributed by atoms with E-state index in [9.17, 15) is 8.42 Å². The average molecular weight is 329 g/mol. The molecule has 0 radical (unpaired) electrons. The quantitative estimate of drug-likeness (QED) is 0.912. The van der Waals surface area contributed by atoms with Crippen molar-refractivity contribution in [2.24, 2.45) is 0 Å². The Morgan fingerprint density at radius 1 is 1.43 bits per heavy atom. The van der Waals surface area contributed by atoms with Crippen molar-refractivity contribution >= 4 is 21.6 Å². The first kappa shape index (κ1) is 14.3. The van der Waals surface area contributed by atoms with Crippen LogP contribution in [0.15, 0.2) is 29.4 Å². The van der Waals surface area contributed by atoms with Crippen LogP contribution in [-0.4, -0.2) is 48.1 Å². The minimum Gasteiger partial charge on any atom is -0.495 e. The minimum absolute atomic E-state index is 0.0518. The number of H-pyrrole nitrogens is 1. The molecule has 2 aromatic rings. The zero-order valence-corrected chi connectivity index (χ0v) is 12.7. The van der Waals surface area contributed by atoms with E-state index >= 15 is 0 Å². The van der Waals surface area contributed by atoms with Gasteiger partial charge in [-0.3, -0.25) is 5.10 Å². The number of ether oxygens (including phenoxy) is 1. The molecule has 3 rings (SSSR count). The summed E-state index contributed by atoms with van der Waals surface area (Å²) in [6.45, 7) is 0.752. The Morgan fingerprint density at radius 2 is 2.19 bits per heavy atom. The summed E-state index contributed by atoms with van der Waals surface area (Å²) in [5.41, 5.74) is 0. The molecule has 0 aliphatic carbocycles. The summed E-state index contributed by atoms with van der Waals surface area (Å²) in [5.74, 6) is 1.20. The van der Waals surface area contributed by atoms with Crippen molar-refractivity contribution in [3.8, 4) is 5.75 Å². The second-order valence-corrected chi connectivity index (χ2v) is 7.03. The van der Waals surface area contributed by atoms with Gasteiger partial charge in [-0.2, -0.15) is 9.40 Å². The van der Waals surface area contributed by atoms with Crippen LogP contribution in [0.2, 0.25) is 5.02 Å². The first-order valence-corrected chi connectivity index (χ1v) is 8.03. The van der Waals surface area contributed by atoms with Crippen molar-refractivity contribution in [1.82, 2.24) is 19.5 Å². The van der Waals surface area contributed by atoms with Gasteiger partial charge in [0.1, 0.15) is 17.9 Å². The molecule has 21 heavy (non-hydrogen) atoms. The van der Waals surface area contributed by atoms with Gasteiger partial charge in [0.15, 0.2) is 0 Å². The molecule has 0 spiro atoms. The lowest BCUT2D eigenvalue weighted by molar-refractivity contribution is 0.256. The summed E-state index contributed by atoms with van der Waals surface area (Å²) in [7, 11) is -2.06. The average Bonchev–Trinajstić information content (AvgIpc) is 2.90. The number of aromatic nitrogens is 3. The van der Waals surface area contributed by atoms with E-state index in [2.05, 4.69) is 15.2 Å². The Bertz CT molecular complexity index is 742. The van der Waals surface area contributed by atoms with Gasteiger partial charge < -0.3 is 4.74 Å². The number of nitrogens with zero attached hydrogens (tertiary/aromatic N) is 3. The highest BCUT2D eigenvalue weighted by molar-refractivity contribution is 7.89. The molecule has 1 aliphatic heterocycles. The molecule has 2 heterocycles. The summed E-state index contributed by atoms with van der Waals surface area (Å²) >= 11 is 5.98. The largest absolute Gasteiger partial charge is 0.495 e. The normalized spacial score (nSPS) is 16.7. The van der Waals surface area contributed by atoms with Crippen LogP contribution >= 0.6 is 11.6 Å². The fourth-order valence-corrected chi connectivity index (χ4v) is 4.06. The molecule has 0 amide bonds. The second-order valence-electron chi connectivity index (χ2n) is 4.69. The highest BCUT2D eigenvalue weighted by atomic mass is 35.5. The Balaban J connectivity index is 1.78. The van der Waals surface area contributed by atoms with E-state index in [0.717, 1.165) is 0 Å². The molecule has 1 aliphatic rings. The smallest absolute Gasteiger partial charge is 0.243 e. The molecule has 1 saturated heterocycles. The van der Waals surface area contributed by atoms with E-state index in [1.165, 1.54) is 29.9 Å². The number of hydrogen-bond acceptors (Lipinski definition) is 5.